The molecule has 0 bridgehead atoms. The third-order valence-corrected chi connectivity index (χ3v) is 2.10. The van der Waals surface area contributed by atoms with E-state index in [4.69, 9.17) is 0 Å². The van der Waals surface area contributed by atoms with Gasteiger partial charge in [0, 0.05) is 5.75 Å². The molecule has 0 unspecified atom stereocenters. The van der Waals surface area contributed by atoms with Gasteiger partial charge in [0.2, 0.25) is 0 Å². The predicted octanol–water partition coefficient (Wildman–Crippen LogP) is 1.19. The highest BCUT2D eigenvalue weighted by molar-refractivity contribution is 7.97. The Bertz CT molecular complexity index is 272. The Hall–Kier alpha value is -0.970. The van der Waals surface area contributed by atoms with Crippen LogP contribution in [0.3, 0.4) is 0 Å². The molecule has 4 nitrogen and oxygen atoms in total. The number of ether oxygens (including phenoxy) is 1. The number of esters is 1. The summed E-state index contributed by atoms with van der Waals surface area (Å²) in [6.45, 7) is 2.01. The molecule has 0 aliphatic carbocycles. The SMILES string of the molecule is CCSn1cncc1C(=O)OC. The maximum absolute atomic E-state index is 11.1. The third-order valence-electron chi connectivity index (χ3n) is 1.27. The number of methoxy groups -OCH3 is 1. The molecule has 0 N–H and O–H groups in total. The molecule has 12 heavy (non-hydrogen) atoms. The molecular formula is C7H10N2O2S. The van der Waals surface area contributed by atoms with Crippen molar-refractivity contribution in [3.05, 3.63) is 18.2 Å². The first-order chi connectivity index (χ1) is 5.79. The predicted molar refractivity (Wildman–Crippen MR) is 47.1 cm³/mol. The largest absolute Gasteiger partial charge is 0.464 e. The van der Waals surface area contributed by atoms with E-state index < -0.39 is 0 Å². The quantitative estimate of drug-likeness (QED) is 0.665. The van der Waals surface area contributed by atoms with Gasteiger partial charge in [-0.05, 0) is 11.9 Å². The Morgan fingerprint density at radius 1 is 1.83 bits per heavy atom. The summed E-state index contributed by atoms with van der Waals surface area (Å²) in [5.74, 6) is 0.536. The summed E-state index contributed by atoms with van der Waals surface area (Å²) in [4.78, 5) is 14.9. The molecule has 0 saturated carbocycles. The zero-order chi connectivity index (χ0) is 8.97. The highest BCUT2D eigenvalue weighted by Gasteiger charge is 2.10. The van der Waals surface area contributed by atoms with Crippen molar-refractivity contribution in [1.29, 1.82) is 0 Å². The van der Waals surface area contributed by atoms with Crippen molar-refractivity contribution in [2.24, 2.45) is 0 Å². The van der Waals surface area contributed by atoms with Crippen molar-refractivity contribution in [2.75, 3.05) is 12.9 Å². The van der Waals surface area contributed by atoms with Crippen LogP contribution in [0.5, 0.6) is 0 Å². The number of hydrogen-bond acceptors (Lipinski definition) is 4. The molecule has 1 heterocycles. The molecule has 1 aromatic heterocycles. The van der Waals surface area contributed by atoms with Crippen LogP contribution in [0.4, 0.5) is 0 Å². The molecule has 0 amide bonds. The smallest absolute Gasteiger partial charge is 0.357 e. The highest BCUT2D eigenvalue weighted by atomic mass is 32.2. The Balaban J connectivity index is 2.83. The molecule has 0 radical (unpaired) electrons. The number of aromatic nitrogens is 2. The summed E-state index contributed by atoms with van der Waals surface area (Å²) in [7, 11) is 1.36. The van der Waals surface area contributed by atoms with Crippen LogP contribution >= 0.6 is 11.9 Å². The number of hydrogen-bond donors (Lipinski definition) is 0. The number of carbonyl (C=O) groups is 1. The van der Waals surface area contributed by atoms with Gasteiger partial charge in [-0.25, -0.2) is 9.78 Å². The molecule has 0 spiro atoms. The summed E-state index contributed by atoms with van der Waals surface area (Å²) < 4.78 is 6.27. The molecule has 1 aromatic rings. The van der Waals surface area contributed by atoms with Gasteiger partial charge in [-0.2, -0.15) is 0 Å². The zero-order valence-electron chi connectivity index (χ0n) is 6.98. The first-order valence-electron chi connectivity index (χ1n) is 3.53. The number of imidazole rings is 1. The second kappa shape index (κ2) is 4.15. The fourth-order valence-electron chi connectivity index (χ4n) is 0.773. The molecule has 0 atom stereocenters. The number of nitrogens with zero attached hydrogens (tertiary/aromatic N) is 2. The van der Waals surface area contributed by atoms with E-state index in [0.29, 0.717) is 5.69 Å². The Kier molecular flexibility index (Phi) is 3.16. The van der Waals surface area contributed by atoms with E-state index >= 15 is 0 Å². The summed E-state index contributed by atoms with van der Waals surface area (Å²) in [6, 6.07) is 0. The fourth-order valence-corrected chi connectivity index (χ4v) is 1.43. The van der Waals surface area contributed by atoms with Crippen molar-refractivity contribution in [3.8, 4) is 0 Å². The summed E-state index contributed by atoms with van der Waals surface area (Å²) in [5.41, 5.74) is 0.476. The van der Waals surface area contributed by atoms with E-state index in [1.54, 1.807) is 10.3 Å². The van der Waals surface area contributed by atoms with Gasteiger partial charge in [0.15, 0.2) is 5.69 Å². The molecule has 0 fully saturated rings. The van der Waals surface area contributed by atoms with E-state index in [0.717, 1.165) is 5.75 Å². The van der Waals surface area contributed by atoms with Gasteiger partial charge in [-0.3, -0.25) is 3.97 Å². The second-order valence-corrected chi connectivity index (χ2v) is 3.24. The summed E-state index contributed by atoms with van der Waals surface area (Å²) in [6.07, 6.45) is 3.09. The van der Waals surface area contributed by atoms with Crippen molar-refractivity contribution in [2.45, 2.75) is 6.92 Å². The normalized spacial score (nSPS) is 9.83. The van der Waals surface area contributed by atoms with Crippen molar-refractivity contribution >= 4 is 17.9 Å². The average molecular weight is 186 g/mol. The van der Waals surface area contributed by atoms with Crippen LogP contribution in [0.1, 0.15) is 17.4 Å². The maximum atomic E-state index is 11.1. The first kappa shape index (κ1) is 9.12. The van der Waals surface area contributed by atoms with Gasteiger partial charge < -0.3 is 4.74 Å². The van der Waals surface area contributed by atoms with Crippen LogP contribution in [-0.2, 0) is 4.74 Å². The zero-order valence-corrected chi connectivity index (χ0v) is 7.80. The molecule has 0 aliphatic rings. The van der Waals surface area contributed by atoms with Gasteiger partial charge in [0.25, 0.3) is 0 Å². The van der Waals surface area contributed by atoms with Crippen LogP contribution in [0.25, 0.3) is 0 Å². The summed E-state index contributed by atoms with van der Waals surface area (Å²) in [5, 5.41) is 0. The lowest BCUT2D eigenvalue weighted by atomic mass is 10.5. The van der Waals surface area contributed by atoms with E-state index in [9.17, 15) is 4.79 Å². The van der Waals surface area contributed by atoms with Crippen LogP contribution in [-0.4, -0.2) is 27.8 Å². The van der Waals surface area contributed by atoms with Gasteiger partial charge >= 0.3 is 5.97 Å². The Morgan fingerprint density at radius 3 is 3.17 bits per heavy atom. The van der Waals surface area contributed by atoms with Gasteiger partial charge in [-0.15, -0.1) is 0 Å². The lowest BCUT2D eigenvalue weighted by molar-refractivity contribution is 0.0593. The monoisotopic (exact) mass is 186 g/mol. The van der Waals surface area contributed by atoms with Gasteiger partial charge in [0.1, 0.15) is 6.33 Å². The molecule has 5 heteroatoms. The van der Waals surface area contributed by atoms with E-state index in [1.165, 1.54) is 25.3 Å². The Labute approximate surface area is 75.1 Å². The maximum Gasteiger partial charge on any atom is 0.357 e. The van der Waals surface area contributed by atoms with Gasteiger partial charge in [-0.1, -0.05) is 6.92 Å². The molecule has 1 rings (SSSR count). The standard InChI is InChI=1S/C7H10N2O2S/c1-3-12-9-5-8-4-6(9)7(10)11-2/h4-5H,3H2,1-2H3. The molecule has 0 aliphatic heterocycles. The van der Waals surface area contributed by atoms with Crippen molar-refractivity contribution in [3.63, 3.8) is 0 Å². The topological polar surface area (TPSA) is 44.1 Å². The first-order valence-corrected chi connectivity index (χ1v) is 4.47. The van der Waals surface area contributed by atoms with E-state index in [2.05, 4.69) is 9.72 Å². The van der Waals surface area contributed by atoms with Crippen molar-refractivity contribution < 1.29 is 9.53 Å². The number of rotatable bonds is 3. The number of carbonyl (C=O) groups excluding carboxylic acids is 1. The van der Waals surface area contributed by atoms with Crippen LogP contribution in [0, 0.1) is 0 Å². The van der Waals surface area contributed by atoms with Crippen LogP contribution in [0.2, 0.25) is 0 Å². The highest BCUT2D eigenvalue weighted by Crippen LogP contribution is 2.10. The Morgan fingerprint density at radius 2 is 2.58 bits per heavy atom. The lowest BCUT2D eigenvalue weighted by Gasteiger charge is -2.02. The molecular weight excluding hydrogens is 176 g/mol. The van der Waals surface area contributed by atoms with Crippen molar-refractivity contribution in [1.82, 2.24) is 8.96 Å². The molecule has 66 valence electrons. The average Bonchev–Trinajstić information content (AvgIpc) is 2.52. The minimum atomic E-state index is -0.353. The van der Waals surface area contributed by atoms with Crippen LogP contribution in [0.15, 0.2) is 12.5 Å². The van der Waals surface area contributed by atoms with E-state index in [1.807, 2.05) is 6.92 Å². The lowest BCUT2D eigenvalue weighted by Crippen LogP contribution is -2.05. The molecule has 0 saturated heterocycles. The molecule has 0 aromatic carbocycles. The third kappa shape index (κ3) is 1.79. The minimum absolute atomic E-state index is 0.353. The second-order valence-electron chi connectivity index (χ2n) is 2.01. The minimum Gasteiger partial charge on any atom is -0.464 e. The fraction of sp³-hybridized carbons (Fsp3) is 0.429. The van der Waals surface area contributed by atoms with Crippen LogP contribution < -0.4 is 0 Å². The van der Waals surface area contributed by atoms with E-state index in [-0.39, 0.29) is 5.97 Å². The summed E-state index contributed by atoms with van der Waals surface area (Å²) >= 11 is 1.51. The van der Waals surface area contributed by atoms with Gasteiger partial charge in [0.05, 0.1) is 13.3 Å².